The SMILES string of the molecule is COC1OC(=O)C(c2ccc(Cl)cc2Cl)=C(O)C12CCCCC2. The lowest BCUT2D eigenvalue weighted by Gasteiger charge is -2.44. The van der Waals surface area contributed by atoms with Crippen molar-refractivity contribution in [2.24, 2.45) is 5.41 Å². The Kier molecular flexibility index (Phi) is 4.59. The molecular formula is C17H18Cl2O4. The fraction of sp³-hybridized carbons (Fsp3) is 0.471. The molecule has 124 valence electrons. The van der Waals surface area contributed by atoms with Gasteiger partial charge in [-0.1, -0.05) is 48.5 Å². The van der Waals surface area contributed by atoms with Gasteiger partial charge in [0.15, 0.2) is 0 Å². The van der Waals surface area contributed by atoms with Crippen molar-refractivity contribution in [1.29, 1.82) is 0 Å². The summed E-state index contributed by atoms with van der Waals surface area (Å²) in [5.41, 5.74) is -0.154. The number of esters is 1. The molecule has 1 unspecified atom stereocenters. The third kappa shape index (κ3) is 2.73. The van der Waals surface area contributed by atoms with Crippen LogP contribution >= 0.6 is 23.2 Å². The molecule has 2 aliphatic rings. The number of aliphatic hydroxyl groups excluding tert-OH is 1. The summed E-state index contributed by atoms with van der Waals surface area (Å²) in [4.78, 5) is 12.4. The van der Waals surface area contributed by atoms with E-state index in [9.17, 15) is 9.90 Å². The first-order chi connectivity index (χ1) is 11.0. The van der Waals surface area contributed by atoms with Gasteiger partial charge in [-0.25, -0.2) is 4.79 Å². The van der Waals surface area contributed by atoms with Crippen molar-refractivity contribution in [3.05, 3.63) is 39.6 Å². The Morgan fingerprint density at radius 2 is 1.96 bits per heavy atom. The van der Waals surface area contributed by atoms with Crippen LogP contribution < -0.4 is 0 Å². The minimum Gasteiger partial charge on any atom is -0.511 e. The summed E-state index contributed by atoms with van der Waals surface area (Å²) in [5, 5.41) is 11.7. The summed E-state index contributed by atoms with van der Waals surface area (Å²) in [7, 11) is 1.49. The number of carbonyl (C=O) groups excluding carboxylic acids is 1. The van der Waals surface area contributed by atoms with Crippen LogP contribution in [0.4, 0.5) is 0 Å². The number of ether oxygens (including phenoxy) is 2. The predicted octanol–water partition coefficient (Wildman–Crippen LogP) is 4.74. The van der Waals surface area contributed by atoms with Gasteiger partial charge in [0.1, 0.15) is 11.3 Å². The number of halogens is 2. The molecule has 0 saturated heterocycles. The number of hydrogen-bond donors (Lipinski definition) is 1. The lowest BCUT2D eigenvalue weighted by molar-refractivity contribution is -0.206. The second-order valence-corrected chi connectivity index (χ2v) is 6.88. The van der Waals surface area contributed by atoms with Crippen molar-refractivity contribution < 1.29 is 19.4 Å². The number of carbonyl (C=O) groups is 1. The maximum atomic E-state index is 12.4. The van der Waals surface area contributed by atoms with Crippen LogP contribution in [0.15, 0.2) is 24.0 Å². The maximum Gasteiger partial charge on any atom is 0.344 e. The monoisotopic (exact) mass is 356 g/mol. The number of benzene rings is 1. The fourth-order valence-corrected chi connectivity index (χ4v) is 4.09. The van der Waals surface area contributed by atoms with Crippen molar-refractivity contribution in [2.45, 2.75) is 38.4 Å². The van der Waals surface area contributed by atoms with Gasteiger partial charge >= 0.3 is 5.97 Å². The summed E-state index contributed by atoms with van der Waals surface area (Å²) in [6.07, 6.45) is 3.63. The highest BCUT2D eigenvalue weighted by molar-refractivity contribution is 6.37. The van der Waals surface area contributed by atoms with Crippen LogP contribution in [0.1, 0.15) is 37.7 Å². The van der Waals surface area contributed by atoms with E-state index in [-0.39, 0.29) is 11.3 Å². The molecule has 1 aliphatic heterocycles. The van der Waals surface area contributed by atoms with Crippen LogP contribution in [0.25, 0.3) is 5.57 Å². The Morgan fingerprint density at radius 3 is 2.57 bits per heavy atom. The van der Waals surface area contributed by atoms with Gasteiger partial charge in [0.25, 0.3) is 0 Å². The normalized spacial score (nSPS) is 24.0. The molecule has 1 N–H and O–H groups in total. The zero-order valence-electron chi connectivity index (χ0n) is 12.8. The van der Waals surface area contributed by atoms with E-state index in [0.717, 1.165) is 19.3 Å². The maximum absolute atomic E-state index is 12.4. The molecule has 1 aromatic carbocycles. The topological polar surface area (TPSA) is 55.8 Å². The van der Waals surface area contributed by atoms with Crippen molar-refractivity contribution in [3.63, 3.8) is 0 Å². The Labute approximate surface area is 145 Å². The highest BCUT2D eigenvalue weighted by Gasteiger charge is 2.52. The van der Waals surface area contributed by atoms with E-state index >= 15 is 0 Å². The molecule has 1 spiro atoms. The van der Waals surface area contributed by atoms with Crippen molar-refractivity contribution in [2.75, 3.05) is 7.11 Å². The van der Waals surface area contributed by atoms with E-state index in [1.807, 2.05) is 0 Å². The van der Waals surface area contributed by atoms with Crippen LogP contribution in [-0.2, 0) is 14.3 Å². The largest absolute Gasteiger partial charge is 0.511 e. The predicted molar refractivity (Wildman–Crippen MR) is 88.4 cm³/mol. The molecule has 1 atom stereocenters. The molecule has 1 heterocycles. The lowest BCUT2D eigenvalue weighted by Crippen LogP contribution is -2.47. The van der Waals surface area contributed by atoms with Gasteiger partial charge in [-0.2, -0.15) is 0 Å². The van der Waals surface area contributed by atoms with E-state index in [1.165, 1.54) is 7.11 Å². The number of aliphatic hydroxyl groups is 1. The highest BCUT2D eigenvalue weighted by atomic mass is 35.5. The van der Waals surface area contributed by atoms with E-state index < -0.39 is 17.7 Å². The number of cyclic esters (lactones) is 1. The van der Waals surface area contributed by atoms with Crippen LogP contribution in [0.2, 0.25) is 10.0 Å². The third-order valence-electron chi connectivity index (χ3n) is 4.74. The van der Waals surface area contributed by atoms with Crippen LogP contribution in [-0.4, -0.2) is 24.5 Å². The molecule has 4 nitrogen and oxygen atoms in total. The van der Waals surface area contributed by atoms with Gasteiger partial charge in [0.05, 0.1) is 10.4 Å². The Morgan fingerprint density at radius 1 is 1.26 bits per heavy atom. The smallest absolute Gasteiger partial charge is 0.344 e. The number of methoxy groups -OCH3 is 1. The first kappa shape index (κ1) is 16.6. The van der Waals surface area contributed by atoms with Crippen LogP contribution in [0.3, 0.4) is 0 Å². The molecule has 0 radical (unpaired) electrons. The van der Waals surface area contributed by atoms with Crippen molar-refractivity contribution in [3.8, 4) is 0 Å². The quantitative estimate of drug-likeness (QED) is 0.777. The zero-order chi connectivity index (χ0) is 16.6. The van der Waals surface area contributed by atoms with Gasteiger partial charge in [0, 0.05) is 17.7 Å². The van der Waals surface area contributed by atoms with Crippen LogP contribution in [0.5, 0.6) is 0 Å². The summed E-state index contributed by atoms with van der Waals surface area (Å²) >= 11 is 12.1. The zero-order valence-corrected chi connectivity index (χ0v) is 14.3. The van der Waals surface area contributed by atoms with Gasteiger partial charge in [-0.15, -0.1) is 0 Å². The molecule has 1 aromatic rings. The lowest BCUT2D eigenvalue weighted by atomic mass is 9.69. The third-order valence-corrected chi connectivity index (χ3v) is 5.29. The number of rotatable bonds is 2. The fourth-order valence-electron chi connectivity index (χ4n) is 3.58. The molecule has 6 heteroatoms. The second-order valence-electron chi connectivity index (χ2n) is 6.04. The van der Waals surface area contributed by atoms with Crippen molar-refractivity contribution in [1.82, 2.24) is 0 Å². The van der Waals surface area contributed by atoms with Gasteiger partial charge in [-0.05, 0) is 25.0 Å². The van der Waals surface area contributed by atoms with Crippen LogP contribution in [0, 0.1) is 5.41 Å². The molecule has 0 aromatic heterocycles. The summed E-state index contributed by atoms with van der Waals surface area (Å²) in [5.74, 6) is -0.612. The Bertz CT molecular complexity index is 663. The summed E-state index contributed by atoms with van der Waals surface area (Å²) in [6, 6.07) is 4.80. The van der Waals surface area contributed by atoms with Gasteiger partial charge in [-0.3, -0.25) is 0 Å². The first-order valence-electron chi connectivity index (χ1n) is 7.62. The van der Waals surface area contributed by atoms with Gasteiger partial charge < -0.3 is 14.6 Å². The summed E-state index contributed by atoms with van der Waals surface area (Å²) in [6.45, 7) is 0. The molecule has 23 heavy (non-hydrogen) atoms. The average molecular weight is 357 g/mol. The molecular weight excluding hydrogens is 339 g/mol. The molecule has 1 aliphatic carbocycles. The minimum absolute atomic E-state index is 0.0181. The molecule has 3 rings (SSSR count). The standard InChI is InChI=1S/C17H18Cl2O4/c1-22-16-17(7-3-2-4-8-17)14(20)13(15(21)23-16)11-6-5-10(18)9-12(11)19/h5-6,9,16,20H,2-4,7-8H2,1H3. The molecule has 1 saturated carbocycles. The Balaban J connectivity index is 2.16. The summed E-state index contributed by atoms with van der Waals surface area (Å²) < 4.78 is 10.8. The Hall–Kier alpha value is -1.23. The van der Waals surface area contributed by atoms with E-state index in [1.54, 1.807) is 18.2 Å². The highest BCUT2D eigenvalue weighted by Crippen LogP contribution is 2.51. The first-order valence-corrected chi connectivity index (χ1v) is 8.38. The van der Waals surface area contributed by atoms with E-state index in [0.29, 0.717) is 28.5 Å². The van der Waals surface area contributed by atoms with E-state index in [2.05, 4.69) is 0 Å². The molecule has 1 fully saturated rings. The average Bonchev–Trinajstić information content (AvgIpc) is 2.54. The van der Waals surface area contributed by atoms with Gasteiger partial charge in [0.2, 0.25) is 6.29 Å². The number of hydrogen-bond acceptors (Lipinski definition) is 4. The molecule has 0 amide bonds. The molecule has 0 bridgehead atoms. The minimum atomic E-state index is -0.773. The van der Waals surface area contributed by atoms with E-state index in [4.69, 9.17) is 32.7 Å². The second kappa shape index (κ2) is 6.34. The van der Waals surface area contributed by atoms with Crippen molar-refractivity contribution >= 4 is 34.7 Å².